The Morgan fingerprint density at radius 1 is 1.13 bits per heavy atom. The number of carbonyl (C=O) groups excluding carboxylic acids is 3. The summed E-state index contributed by atoms with van der Waals surface area (Å²) >= 11 is 0. The molecule has 156 valence electrons. The summed E-state index contributed by atoms with van der Waals surface area (Å²) in [6, 6.07) is 7.96. The van der Waals surface area contributed by atoms with Crippen molar-refractivity contribution in [2.45, 2.75) is 32.2 Å². The van der Waals surface area contributed by atoms with E-state index in [1.54, 1.807) is 31.2 Å². The number of ether oxygens (including phenoxy) is 3. The first kappa shape index (κ1) is 19.9. The largest absolute Gasteiger partial charge is 0.507 e. The highest BCUT2D eigenvalue weighted by Gasteiger charge is 2.44. The summed E-state index contributed by atoms with van der Waals surface area (Å²) in [7, 11) is 1.45. The van der Waals surface area contributed by atoms with E-state index in [1.165, 1.54) is 20.1 Å². The zero-order valence-corrected chi connectivity index (χ0v) is 16.5. The number of phenols is 1. The molecule has 4 rings (SSSR count). The smallest absolute Gasteiger partial charge is 0.339 e. The fraction of sp³-hybridized carbons (Fsp3) is 0.318. The lowest BCUT2D eigenvalue weighted by Gasteiger charge is -2.34. The topological polar surface area (TPSA) is 119 Å². The highest BCUT2D eigenvalue weighted by atomic mass is 16.6. The quantitative estimate of drug-likeness (QED) is 0.738. The number of fused-ring (bicyclic) bond motifs is 2. The number of methoxy groups -OCH3 is 1. The second-order valence-corrected chi connectivity index (χ2v) is 7.37. The fourth-order valence-corrected chi connectivity index (χ4v) is 4.13. The van der Waals surface area contributed by atoms with Crippen molar-refractivity contribution < 1.29 is 38.8 Å². The van der Waals surface area contributed by atoms with Crippen LogP contribution < -0.4 is 4.74 Å². The number of aromatic hydroxyl groups is 1. The van der Waals surface area contributed by atoms with Crippen molar-refractivity contribution in [3.05, 3.63) is 58.1 Å². The molecule has 0 saturated carbocycles. The van der Waals surface area contributed by atoms with Crippen molar-refractivity contribution >= 4 is 17.7 Å². The number of Topliss-reactive ketones (excluding diaryl/α,β-unsaturated/α-hetero) is 1. The third kappa shape index (κ3) is 2.83. The van der Waals surface area contributed by atoms with Crippen molar-refractivity contribution in [1.82, 2.24) is 0 Å². The summed E-state index contributed by atoms with van der Waals surface area (Å²) in [5.41, 5.74) is 1.05. The molecule has 2 aromatic rings. The van der Waals surface area contributed by atoms with Crippen LogP contribution in [0.2, 0.25) is 0 Å². The zero-order valence-electron chi connectivity index (χ0n) is 16.5. The van der Waals surface area contributed by atoms with Gasteiger partial charge < -0.3 is 24.4 Å². The molecule has 0 spiro atoms. The van der Waals surface area contributed by atoms with Crippen LogP contribution in [0.3, 0.4) is 0 Å². The van der Waals surface area contributed by atoms with Crippen LogP contribution in [0.25, 0.3) is 0 Å². The normalized spacial score (nSPS) is 24.7. The van der Waals surface area contributed by atoms with Gasteiger partial charge in [-0.15, -0.1) is 0 Å². The number of esters is 2. The number of carbonyl (C=O) groups is 3. The van der Waals surface area contributed by atoms with E-state index in [2.05, 4.69) is 0 Å². The molecule has 4 atom stereocenters. The lowest BCUT2D eigenvalue weighted by Crippen LogP contribution is -2.39. The average Bonchev–Trinajstić information content (AvgIpc) is 3.05. The van der Waals surface area contributed by atoms with Gasteiger partial charge in [-0.3, -0.25) is 9.59 Å². The molecule has 8 nitrogen and oxygen atoms in total. The second-order valence-electron chi connectivity index (χ2n) is 7.37. The highest BCUT2D eigenvalue weighted by molar-refractivity contribution is 6.05. The Morgan fingerprint density at radius 3 is 2.50 bits per heavy atom. The Bertz CT molecular complexity index is 1070. The minimum atomic E-state index is -1.46. The number of hydrogen-bond donors (Lipinski definition) is 2. The molecule has 2 aromatic carbocycles. The van der Waals surface area contributed by atoms with E-state index in [1.807, 2.05) is 0 Å². The first-order valence-electron chi connectivity index (χ1n) is 9.39. The van der Waals surface area contributed by atoms with Crippen molar-refractivity contribution in [2.24, 2.45) is 5.92 Å². The number of aliphatic hydroxyl groups excluding tert-OH is 1. The molecule has 2 aliphatic rings. The molecule has 1 heterocycles. The summed E-state index contributed by atoms with van der Waals surface area (Å²) in [6.45, 7) is 2.81. The molecule has 0 aromatic heterocycles. The number of cyclic esters (lactones) is 1. The summed E-state index contributed by atoms with van der Waals surface area (Å²) in [6.07, 6.45) is -3.36. The standard InChI is InChI=1S/C22H20O8/c1-9-17(24)19(26)16-11(20(9)29-10(2)23)7-8-13(18(16)25)21-15-12(22(27)30-21)5-4-6-14(15)28-3/h4-9,17,20-21,24-25H,1-3H3/t9-,17+,20-,21+/m1/s1. The van der Waals surface area contributed by atoms with Gasteiger partial charge in [0.15, 0.2) is 11.9 Å². The predicted molar refractivity (Wildman–Crippen MR) is 102 cm³/mol. The molecule has 2 N–H and O–H groups in total. The first-order chi connectivity index (χ1) is 14.3. The maximum absolute atomic E-state index is 12.8. The van der Waals surface area contributed by atoms with Crippen LogP contribution >= 0.6 is 0 Å². The molecule has 0 saturated heterocycles. The molecule has 1 aliphatic carbocycles. The Morgan fingerprint density at radius 2 is 1.83 bits per heavy atom. The molecule has 0 amide bonds. The number of hydrogen-bond acceptors (Lipinski definition) is 8. The van der Waals surface area contributed by atoms with E-state index in [9.17, 15) is 24.6 Å². The lowest BCUT2D eigenvalue weighted by atomic mass is 9.77. The average molecular weight is 412 g/mol. The van der Waals surface area contributed by atoms with Crippen LogP contribution in [0, 0.1) is 5.92 Å². The van der Waals surface area contributed by atoms with Crippen LogP contribution in [0.5, 0.6) is 11.5 Å². The van der Waals surface area contributed by atoms with Gasteiger partial charge in [0, 0.05) is 24.0 Å². The SMILES string of the molecule is COc1cccc2c1[C@H](c1ccc3c(c1O)C(=O)[C@@H](O)[C@@H](C)[C@H]3OC(C)=O)OC2=O. The third-order valence-electron chi connectivity index (χ3n) is 5.61. The van der Waals surface area contributed by atoms with E-state index in [0.29, 0.717) is 22.4 Å². The number of ketones is 1. The summed E-state index contributed by atoms with van der Waals surface area (Å²) in [4.78, 5) is 36.7. The van der Waals surface area contributed by atoms with E-state index in [0.717, 1.165) is 0 Å². The number of aliphatic hydroxyl groups is 1. The van der Waals surface area contributed by atoms with Crippen LogP contribution in [-0.4, -0.2) is 41.1 Å². The monoisotopic (exact) mass is 412 g/mol. The molecule has 0 radical (unpaired) electrons. The summed E-state index contributed by atoms with van der Waals surface area (Å²) in [5.74, 6) is -2.57. The van der Waals surface area contributed by atoms with Crippen LogP contribution in [0.15, 0.2) is 30.3 Å². The maximum Gasteiger partial charge on any atom is 0.339 e. The molecule has 1 aliphatic heterocycles. The van der Waals surface area contributed by atoms with Gasteiger partial charge in [0.2, 0.25) is 0 Å². The second kappa shape index (κ2) is 7.14. The van der Waals surface area contributed by atoms with Gasteiger partial charge in [-0.05, 0) is 12.1 Å². The summed E-state index contributed by atoms with van der Waals surface area (Å²) < 4.78 is 16.1. The fourth-order valence-electron chi connectivity index (χ4n) is 4.13. The van der Waals surface area contributed by atoms with Crippen LogP contribution in [0.4, 0.5) is 0 Å². The maximum atomic E-state index is 12.8. The molecule has 0 unspecified atom stereocenters. The molecule has 8 heteroatoms. The Labute approximate surface area is 172 Å². The van der Waals surface area contributed by atoms with Gasteiger partial charge >= 0.3 is 11.9 Å². The molecular weight excluding hydrogens is 392 g/mol. The molecular formula is C22H20O8. The minimum absolute atomic E-state index is 0.149. The van der Waals surface area contributed by atoms with Gasteiger partial charge in [-0.2, -0.15) is 0 Å². The van der Waals surface area contributed by atoms with Crippen molar-refractivity contribution in [1.29, 1.82) is 0 Å². The Balaban J connectivity index is 1.88. The van der Waals surface area contributed by atoms with Gasteiger partial charge in [-0.25, -0.2) is 4.79 Å². The zero-order chi connectivity index (χ0) is 21.7. The van der Waals surface area contributed by atoms with E-state index in [-0.39, 0.29) is 11.1 Å². The Kier molecular flexibility index (Phi) is 4.74. The lowest BCUT2D eigenvalue weighted by molar-refractivity contribution is -0.151. The van der Waals surface area contributed by atoms with Crippen molar-refractivity contribution in [3.8, 4) is 11.5 Å². The highest BCUT2D eigenvalue weighted by Crippen LogP contribution is 2.48. The van der Waals surface area contributed by atoms with E-state index in [4.69, 9.17) is 14.2 Å². The minimum Gasteiger partial charge on any atom is -0.507 e. The predicted octanol–water partition coefficient (Wildman–Crippen LogP) is 2.46. The first-order valence-corrected chi connectivity index (χ1v) is 9.39. The van der Waals surface area contributed by atoms with Gasteiger partial charge in [0.25, 0.3) is 0 Å². The number of benzene rings is 2. The molecule has 30 heavy (non-hydrogen) atoms. The van der Waals surface area contributed by atoms with E-state index >= 15 is 0 Å². The van der Waals surface area contributed by atoms with Gasteiger partial charge in [0.1, 0.15) is 23.7 Å². The number of rotatable bonds is 3. The number of phenolic OH excluding ortho intramolecular Hbond substituents is 1. The third-order valence-corrected chi connectivity index (χ3v) is 5.61. The van der Waals surface area contributed by atoms with Gasteiger partial charge in [-0.1, -0.05) is 25.1 Å². The van der Waals surface area contributed by atoms with Crippen molar-refractivity contribution in [3.63, 3.8) is 0 Å². The summed E-state index contributed by atoms with van der Waals surface area (Å²) in [5, 5.41) is 21.4. The molecule has 0 bridgehead atoms. The van der Waals surface area contributed by atoms with Crippen LogP contribution in [-0.2, 0) is 14.3 Å². The van der Waals surface area contributed by atoms with Crippen molar-refractivity contribution in [2.75, 3.05) is 7.11 Å². The van der Waals surface area contributed by atoms with Crippen LogP contribution in [0.1, 0.15) is 63.5 Å². The van der Waals surface area contributed by atoms with E-state index < -0.39 is 47.7 Å². The van der Waals surface area contributed by atoms with Gasteiger partial charge in [0.05, 0.1) is 23.8 Å². The molecule has 0 fully saturated rings. The Hall–Kier alpha value is -3.39.